The molecule has 16 heavy (non-hydrogen) atoms. The third kappa shape index (κ3) is 2.10. The lowest BCUT2D eigenvalue weighted by atomic mass is 9.69. The molecule has 1 heterocycles. The number of hydrogen-bond acceptors (Lipinski definition) is 2. The average Bonchev–Trinajstić information content (AvgIpc) is 2.25. The van der Waals surface area contributed by atoms with E-state index in [1.807, 2.05) is 0 Å². The topological polar surface area (TPSA) is 23.6 Å². The lowest BCUT2D eigenvalue weighted by Crippen LogP contribution is -2.55. The van der Waals surface area contributed by atoms with Crippen LogP contribution in [0, 0.1) is 5.41 Å². The fourth-order valence-corrected chi connectivity index (χ4v) is 2.74. The lowest BCUT2D eigenvalue weighted by Gasteiger charge is -2.44. The highest BCUT2D eigenvalue weighted by Crippen LogP contribution is 2.41. The molecule has 0 bridgehead atoms. The molecule has 1 saturated carbocycles. The van der Waals surface area contributed by atoms with Crippen LogP contribution in [0.15, 0.2) is 0 Å². The Hall–Kier alpha value is -0.570. The zero-order chi connectivity index (χ0) is 11.8. The first-order valence-corrected chi connectivity index (χ1v) is 6.56. The molecule has 0 radical (unpaired) electrons. The van der Waals surface area contributed by atoms with Crippen molar-refractivity contribution in [3.8, 4) is 0 Å². The van der Waals surface area contributed by atoms with E-state index in [4.69, 9.17) is 0 Å². The predicted octanol–water partition coefficient (Wildman–Crippen LogP) is 1.73. The molecule has 92 valence electrons. The maximum absolute atomic E-state index is 12.3. The molecule has 2 aliphatic rings. The Morgan fingerprint density at radius 3 is 2.06 bits per heavy atom. The van der Waals surface area contributed by atoms with Gasteiger partial charge in [0.15, 0.2) is 0 Å². The zero-order valence-corrected chi connectivity index (χ0v) is 10.8. The van der Waals surface area contributed by atoms with Gasteiger partial charge in [0.2, 0.25) is 5.91 Å². The summed E-state index contributed by atoms with van der Waals surface area (Å²) in [5.74, 6) is 0.405. The maximum Gasteiger partial charge on any atom is 0.228 e. The first-order chi connectivity index (χ1) is 7.53. The minimum absolute atomic E-state index is 0.0139. The van der Waals surface area contributed by atoms with E-state index < -0.39 is 0 Å². The summed E-state index contributed by atoms with van der Waals surface area (Å²) in [4.78, 5) is 16.8. The van der Waals surface area contributed by atoms with E-state index in [-0.39, 0.29) is 5.41 Å². The molecule has 3 nitrogen and oxygen atoms in total. The van der Waals surface area contributed by atoms with Gasteiger partial charge >= 0.3 is 0 Å². The minimum atomic E-state index is -0.0139. The van der Waals surface area contributed by atoms with Gasteiger partial charge in [0.1, 0.15) is 0 Å². The van der Waals surface area contributed by atoms with Crippen molar-refractivity contribution in [2.45, 2.75) is 46.1 Å². The van der Waals surface area contributed by atoms with Crippen LogP contribution in [0.2, 0.25) is 0 Å². The van der Waals surface area contributed by atoms with Crippen molar-refractivity contribution in [2.75, 3.05) is 26.2 Å². The van der Waals surface area contributed by atoms with E-state index in [2.05, 4.69) is 30.6 Å². The van der Waals surface area contributed by atoms with Crippen LogP contribution >= 0.6 is 0 Å². The minimum Gasteiger partial charge on any atom is -0.340 e. The molecule has 0 aromatic heterocycles. The van der Waals surface area contributed by atoms with E-state index in [0.29, 0.717) is 11.9 Å². The van der Waals surface area contributed by atoms with E-state index in [1.165, 1.54) is 6.42 Å². The van der Waals surface area contributed by atoms with Gasteiger partial charge in [0.05, 0.1) is 0 Å². The molecule has 1 aliphatic carbocycles. The van der Waals surface area contributed by atoms with Crippen molar-refractivity contribution in [3.05, 3.63) is 0 Å². The summed E-state index contributed by atoms with van der Waals surface area (Å²) in [5, 5.41) is 0. The second-order valence-electron chi connectivity index (χ2n) is 5.84. The Labute approximate surface area is 98.8 Å². The number of amides is 1. The van der Waals surface area contributed by atoms with Crippen LogP contribution < -0.4 is 0 Å². The van der Waals surface area contributed by atoms with Gasteiger partial charge in [-0.05, 0) is 26.7 Å². The number of piperazine rings is 1. The Kier molecular flexibility index (Phi) is 3.24. The molecule has 1 saturated heterocycles. The summed E-state index contributed by atoms with van der Waals surface area (Å²) in [6.07, 6.45) is 3.42. The van der Waals surface area contributed by atoms with Gasteiger partial charge in [0.25, 0.3) is 0 Å². The molecule has 0 atom stereocenters. The molecule has 0 N–H and O–H groups in total. The molecule has 1 amide bonds. The van der Waals surface area contributed by atoms with Crippen LogP contribution in [0.5, 0.6) is 0 Å². The second-order valence-corrected chi connectivity index (χ2v) is 5.84. The Balaban J connectivity index is 1.87. The normalized spacial score (nSPS) is 25.6. The molecule has 1 aliphatic heterocycles. The van der Waals surface area contributed by atoms with E-state index in [0.717, 1.165) is 39.0 Å². The highest BCUT2D eigenvalue weighted by atomic mass is 16.2. The highest BCUT2D eigenvalue weighted by molar-refractivity contribution is 5.83. The van der Waals surface area contributed by atoms with Gasteiger partial charge in [0, 0.05) is 37.6 Å². The Morgan fingerprint density at radius 1 is 1.12 bits per heavy atom. The van der Waals surface area contributed by atoms with Crippen molar-refractivity contribution < 1.29 is 4.79 Å². The predicted molar refractivity (Wildman–Crippen MR) is 65.2 cm³/mol. The van der Waals surface area contributed by atoms with Crippen molar-refractivity contribution in [1.82, 2.24) is 9.80 Å². The quantitative estimate of drug-likeness (QED) is 0.713. The molecular weight excluding hydrogens is 200 g/mol. The van der Waals surface area contributed by atoms with Gasteiger partial charge < -0.3 is 4.90 Å². The molecule has 0 aromatic rings. The van der Waals surface area contributed by atoms with Crippen molar-refractivity contribution in [3.63, 3.8) is 0 Å². The maximum atomic E-state index is 12.3. The van der Waals surface area contributed by atoms with Crippen LogP contribution in [0.3, 0.4) is 0 Å². The molecule has 0 aromatic carbocycles. The van der Waals surface area contributed by atoms with E-state index in [1.54, 1.807) is 0 Å². The fraction of sp³-hybridized carbons (Fsp3) is 0.923. The van der Waals surface area contributed by atoms with Crippen LogP contribution in [-0.4, -0.2) is 47.9 Å². The van der Waals surface area contributed by atoms with E-state index in [9.17, 15) is 4.79 Å². The number of nitrogens with zero attached hydrogens (tertiary/aromatic N) is 2. The molecule has 3 heteroatoms. The Bertz CT molecular complexity index is 263. The average molecular weight is 224 g/mol. The molecule has 0 unspecified atom stereocenters. The van der Waals surface area contributed by atoms with Gasteiger partial charge in [-0.25, -0.2) is 0 Å². The summed E-state index contributed by atoms with van der Waals surface area (Å²) in [6, 6.07) is 0.608. The van der Waals surface area contributed by atoms with Gasteiger partial charge in [-0.3, -0.25) is 9.69 Å². The summed E-state index contributed by atoms with van der Waals surface area (Å²) < 4.78 is 0. The second kappa shape index (κ2) is 4.36. The van der Waals surface area contributed by atoms with Crippen molar-refractivity contribution in [1.29, 1.82) is 0 Å². The summed E-state index contributed by atoms with van der Waals surface area (Å²) >= 11 is 0. The number of carbonyl (C=O) groups excluding carboxylic acids is 1. The molecule has 2 fully saturated rings. The fourth-order valence-electron chi connectivity index (χ4n) is 2.74. The number of hydrogen-bond donors (Lipinski definition) is 0. The third-order valence-electron chi connectivity index (χ3n) is 4.31. The lowest BCUT2D eigenvalue weighted by molar-refractivity contribution is -0.148. The summed E-state index contributed by atoms with van der Waals surface area (Å²) in [6.45, 7) is 10.5. The van der Waals surface area contributed by atoms with Crippen LogP contribution in [0.1, 0.15) is 40.0 Å². The zero-order valence-electron chi connectivity index (χ0n) is 10.8. The third-order valence-corrected chi connectivity index (χ3v) is 4.31. The van der Waals surface area contributed by atoms with Gasteiger partial charge in [-0.15, -0.1) is 0 Å². The van der Waals surface area contributed by atoms with Crippen molar-refractivity contribution in [2.24, 2.45) is 5.41 Å². The van der Waals surface area contributed by atoms with Crippen LogP contribution in [0.4, 0.5) is 0 Å². The molecule has 0 spiro atoms. The van der Waals surface area contributed by atoms with Crippen molar-refractivity contribution >= 4 is 5.91 Å². The number of carbonyl (C=O) groups is 1. The largest absolute Gasteiger partial charge is 0.340 e. The standard InChI is InChI=1S/C13H24N2O/c1-11(2)14-7-9-15(10-8-14)12(16)13(3)5-4-6-13/h11H,4-10H2,1-3H3. The summed E-state index contributed by atoms with van der Waals surface area (Å²) in [5.41, 5.74) is -0.0139. The first kappa shape index (κ1) is 11.9. The summed E-state index contributed by atoms with van der Waals surface area (Å²) in [7, 11) is 0. The SMILES string of the molecule is CC(C)N1CCN(C(=O)C2(C)CCC2)CC1. The van der Waals surface area contributed by atoms with Crippen LogP contribution in [-0.2, 0) is 4.79 Å². The van der Waals surface area contributed by atoms with E-state index >= 15 is 0 Å². The smallest absolute Gasteiger partial charge is 0.228 e. The van der Waals surface area contributed by atoms with Crippen LogP contribution in [0.25, 0.3) is 0 Å². The Morgan fingerprint density at radius 2 is 1.69 bits per heavy atom. The van der Waals surface area contributed by atoms with Gasteiger partial charge in [-0.2, -0.15) is 0 Å². The van der Waals surface area contributed by atoms with Gasteiger partial charge in [-0.1, -0.05) is 13.3 Å². The monoisotopic (exact) mass is 224 g/mol. The first-order valence-electron chi connectivity index (χ1n) is 6.56. The number of rotatable bonds is 2. The highest BCUT2D eigenvalue weighted by Gasteiger charge is 2.42. The molecular formula is C13H24N2O. The molecule has 2 rings (SSSR count).